The van der Waals surface area contributed by atoms with E-state index < -0.39 is 12.0 Å². The molecule has 7 nitrogen and oxygen atoms in total. The third-order valence-corrected chi connectivity index (χ3v) is 4.14. The van der Waals surface area contributed by atoms with E-state index in [1.807, 2.05) is 0 Å². The van der Waals surface area contributed by atoms with Crippen LogP contribution >= 0.6 is 0 Å². The van der Waals surface area contributed by atoms with Crippen molar-refractivity contribution in [2.75, 3.05) is 0 Å². The van der Waals surface area contributed by atoms with Gasteiger partial charge in [0.05, 0.1) is 24.3 Å². The van der Waals surface area contributed by atoms with Gasteiger partial charge in [-0.3, -0.25) is 4.79 Å². The number of nitrogens with one attached hydrogen (secondary N) is 1. The number of carboxylic acid groups (broad SMARTS) is 1. The first-order valence-corrected chi connectivity index (χ1v) is 6.85. The molecule has 1 aliphatic carbocycles. The zero-order valence-electron chi connectivity index (χ0n) is 11.1. The number of nitrogens with zero attached hydrogens (tertiary/aromatic N) is 2. The molecule has 108 valence electrons. The molecule has 0 saturated heterocycles. The van der Waals surface area contributed by atoms with Gasteiger partial charge >= 0.3 is 5.97 Å². The molecular weight excluding hydrogens is 260 g/mol. The normalized spacial score (nSPS) is 23.2. The zero-order chi connectivity index (χ0) is 14.3. The van der Waals surface area contributed by atoms with Crippen LogP contribution in [0.4, 0.5) is 0 Å². The Hall–Kier alpha value is -1.89. The average molecular weight is 278 g/mol. The summed E-state index contributed by atoms with van der Waals surface area (Å²) in [6.45, 7) is 0.266. The Kier molecular flexibility index (Phi) is 3.21. The van der Waals surface area contributed by atoms with Gasteiger partial charge in [-0.15, -0.1) is 0 Å². The average Bonchev–Trinajstić information content (AvgIpc) is 3.15. The molecule has 1 aliphatic heterocycles. The molecule has 1 fully saturated rings. The van der Waals surface area contributed by atoms with Gasteiger partial charge in [0.1, 0.15) is 6.04 Å². The number of carbonyl (C=O) groups is 2. The largest absolute Gasteiger partial charge is 0.480 e. The molecule has 2 heterocycles. The molecule has 0 radical (unpaired) electrons. The summed E-state index contributed by atoms with van der Waals surface area (Å²) in [5.41, 5.74) is 7.51. The molecule has 2 atom stereocenters. The maximum Gasteiger partial charge on any atom is 0.326 e. The third kappa shape index (κ3) is 2.40. The Bertz CT molecular complexity index is 537. The van der Waals surface area contributed by atoms with E-state index in [9.17, 15) is 14.7 Å². The monoisotopic (exact) mass is 278 g/mol. The van der Waals surface area contributed by atoms with Gasteiger partial charge in [0.2, 0.25) is 5.91 Å². The van der Waals surface area contributed by atoms with Crippen molar-refractivity contribution in [1.82, 2.24) is 14.9 Å². The zero-order valence-corrected chi connectivity index (χ0v) is 11.1. The summed E-state index contributed by atoms with van der Waals surface area (Å²) in [4.78, 5) is 32.2. The van der Waals surface area contributed by atoms with Gasteiger partial charge in [0, 0.05) is 18.9 Å². The van der Waals surface area contributed by atoms with E-state index in [-0.39, 0.29) is 31.3 Å². The minimum Gasteiger partial charge on any atom is -0.480 e. The second-order valence-corrected chi connectivity index (χ2v) is 5.61. The number of imidazole rings is 1. The Morgan fingerprint density at radius 1 is 1.55 bits per heavy atom. The molecular formula is C13H18N4O3. The maximum atomic E-state index is 12.3. The molecule has 4 N–H and O–H groups in total. The highest BCUT2D eigenvalue weighted by Crippen LogP contribution is 2.33. The fourth-order valence-corrected chi connectivity index (χ4v) is 2.73. The van der Waals surface area contributed by atoms with Crippen molar-refractivity contribution in [2.45, 2.75) is 44.3 Å². The number of rotatable bonds is 4. The molecule has 1 aromatic heterocycles. The van der Waals surface area contributed by atoms with Crippen LogP contribution in [0.5, 0.6) is 0 Å². The predicted molar refractivity (Wildman–Crippen MR) is 69.6 cm³/mol. The molecule has 1 amide bonds. The van der Waals surface area contributed by atoms with Crippen molar-refractivity contribution in [3.8, 4) is 0 Å². The summed E-state index contributed by atoms with van der Waals surface area (Å²) in [6, 6.07) is -0.996. The minimum absolute atomic E-state index is 0.153. The Labute approximate surface area is 116 Å². The summed E-state index contributed by atoms with van der Waals surface area (Å²) in [5.74, 6) is -0.751. The molecule has 7 heteroatoms. The van der Waals surface area contributed by atoms with Crippen LogP contribution in [0.2, 0.25) is 0 Å². The molecule has 2 aliphatic rings. The summed E-state index contributed by atoms with van der Waals surface area (Å²) in [7, 11) is 0. The highest BCUT2D eigenvalue weighted by Gasteiger charge is 2.38. The molecule has 0 spiro atoms. The SMILES string of the molecule is NC(CC(=O)N1Cc2[nH]cnc2CC1C(=O)O)C1CC1. The molecule has 0 bridgehead atoms. The van der Waals surface area contributed by atoms with Gasteiger partial charge < -0.3 is 20.7 Å². The minimum atomic E-state index is -0.994. The number of carboxylic acids is 1. The van der Waals surface area contributed by atoms with Crippen LogP contribution in [0.1, 0.15) is 30.7 Å². The molecule has 3 rings (SSSR count). The van der Waals surface area contributed by atoms with Gasteiger partial charge in [-0.1, -0.05) is 0 Å². The van der Waals surface area contributed by atoms with E-state index in [0.29, 0.717) is 5.92 Å². The van der Waals surface area contributed by atoms with E-state index in [0.717, 1.165) is 24.2 Å². The van der Waals surface area contributed by atoms with Gasteiger partial charge in [-0.2, -0.15) is 0 Å². The van der Waals surface area contributed by atoms with E-state index in [1.165, 1.54) is 11.2 Å². The van der Waals surface area contributed by atoms with E-state index in [4.69, 9.17) is 5.73 Å². The lowest BCUT2D eigenvalue weighted by Crippen LogP contribution is -2.50. The number of carbonyl (C=O) groups excluding carboxylic acids is 1. The van der Waals surface area contributed by atoms with Gasteiger partial charge in [-0.25, -0.2) is 9.78 Å². The molecule has 20 heavy (non-hydrogen) atoms. The Morgan fingerprint density at radius 2 is 2.30 bits per heavy atom. The van der Waals surface area contributed by atoms with Crippen LogP contribution in [-0.4, -0.2) is 43.9 Å². The number of aliphatic carboxylic acids is 1. The first kappa shape index (κ1) is 13.1. The van der Waals surface area contributed by atoms with Crippen molar-refractivity contribution in [3.05, 3.63) is 17.7 Å². The first-order chi connectivity index (χ1) is 9.56. The van der Waals surface area contributed by atoms with Crippen LogP contribution in [-0.2, 0) is 22.6 Å². The van der Waals surface area contributed by atoms with E-state index in [2.05, 4.69) is 9.97 Å². The predicted octanol–water partition coefficient (Wildman–Crippen LogP) is -0.125. The second-order valence-electron chi connectivity index (χ2n) is 5.61. The number of hydrogen-bond acceptors (Lipinski definition) is 4. The number of nitrogens with two attached hydrogens (primary N) is 1. The maximum absolute atomic E-state index is 12.3. The van der Waals surface area contributed by atoms with E-state index in [1.54, 1.807) is 0 Å². The lowest BCUT2D eigenvalue weighted by atomic mass is 10.0. The van der Waals surface area contributed by atoms with Crippen LogP contribution in [0, 0.1) is 5.92 Å². The smallest absolute Gasteiger partial charge is 0.326 e. The number of hydrogen-bond donors (Lipinski definition) is 3. The Morgan fingerprint density at radius 3 is 2.95 bits per heavy atom. The van der Waals surface area contributed by atoms with Crippen LogP contribution in [0.25, 0.3) is 0 Å². The van der Waals surface area contributed by atoms with Crippen molar-refractivity contribution in [1.29, 1.82) is 0 Å². The van der Waals surface area contributed by atoms with Crippen molar-refractivity contribution >= 4 is 11.9 Å². The summed E-state index contributed by atoms with van der Waals surface area (Å²) >= 11 is 0. The number of H-pyrrole nitrogens is 1. The quantitative estimate of drug-likeness (QED) is 0.710. The Balaban J connectivity index is 1.75. The highest BCUT2D eigenvalue weighted by molar-refractivity contribution is 5.84. The van der Waals surface area contributed by atoms with Gasteiger partial charge in [0.15, 0.2) is 0 Å². The van der Waals surface area contributed by atoms with Gasteiger partial charge in [0.25, 0.3) is 0 Å². The van der Waals surface area contributed by atoms with Crippen molar-refractivity contribution in [2.24, 2.45) is 11.7 Å². The number of aromatic amines is 1. The number of aromatic nitrogens is 2. The summed E-state index contributed by atoms with van der Waals surface area (Å²) < 4.78 is 0. The number of fused-ring (bicyclic) bond motifs is 1. The van der Waals surface area contributed by atoms with Crippen molar-refractivity contribution < 1.29 is 14.7 Å². The molecule has 1 aromatic rings. The molecule has 0 aromatic carbocycles. The summed E-state index contributed by atoms with van der Waals surface area (Å²) in [5, 5.41) is 9.31. The van der Waals surface area contributed by atoms with Crippen LogP contribution < -0.4 is 5.73 Å². The topological polar surface area (TPSA) is 112 Å². The lowest BCUT2D eigenvalue weighted by Gasteiger charge is -2.33. The first-order valence-electron chi connectivity index (χ1n) is 6.85. The second kappa shape index (κ2) is 4.90. The van der Waals surface area contributed by atoms with Crippen molar-refractivity contribution in [3.63, 3.8) is 0 Å². The fourth-order valence-electron chi connectivity index (χ4n) is 2.73. The molecule has 2 unspecified atom stereocenters. The number of amides is 1. The fraction of sp³-hybridized carbons (Fsp3) is 0.615. The third-order valence-electron chi connectivity index (χ3n) is 4.14. The van der Waals surface area contributed by atoms with Crippen LogP contribution in [0.3, 0.4) is 0 Å². The molecule has 1 saturated carbocycles. The van der Waals surface area contributed by atoms with E-state index >= 15 is 0 Å². The van der Waals surface area contributed by atoms with Gasteiger partial charge in [-0.05, 0) is 18.8 Å². The van der Waals surface area contributed by atoms with Crippen LogP contribution in [0.15, 0.2) is 6.33 Å². The summed E-state index contributed by atoms with van der Waals surface area (Å²) in [6.07, 6.45) is 4.15. The standard InChI is InChI=1S/C13H18N4O3/c14-8(7-1-2-7)3-12(18)17-5-10-9(15-6-16-10)4-11(17)13(19)20/h6-8,11H,1-5,14H2,(H,15,16)(H,19,20). The highest BCUT2D eigenvalue weighted by atomic mass is 16.4. The lowest BCUT2D eigenvalue weighted by molar-refractivity contribution is -0.151.